The summed E-state index contributed by atoms with van der Waals surface area (Å²) in [6, 6.07) is 17.4. The maximum atomic E-state index is 12.4. The summed E-state index contributed by atoms with van der Waals surface area (Å²) >= 11 is 2.90. The van der Waals surface area contributed by atoms with Crippen molar-refractivity contribution in [3.8, 4) is 11.5 Å². The van der Waals surface area contributed by atoms with Crippen LogP contribution in [0.25, 0.3) is 6.08 Å². The second kappa shape index (κ2) is 8.90. The minimum Gasteiger partial charge on any atom is -0.485 e. The molecule has 1 aliphatic rings. The largest absolute Gasteiger partial charge is 0.485 e. The molecule has 0 radical (unpaired) electrons. The topological polar surface area (TPSA) is 73.3 Å². The first kappa shape index (κ1) is 18.5. The van der Waals surface area contributed by atoms with E-state index in [1.165, 1.54) is 11.3 Å². The summed E-state index contributed by atoms with van der Waals surface area (Å²) < 4.78 is 12.1. The molecule has 1 aliphatic heterocycles. The van der Waals surface area contributed by atoms with Crippen LogP contribution in [0.15, 0.2) is 65.0 Å². The van der Waals surface area contributed by atoms with Gasteiger partial charge in [-0.1, -0.05) is 77.7 Å². The number of nitrogens with one attached hydrogen (secondary N) is 1. The Labute approximate surface area is 170 Å². The third kappa shape index (κ3) is 4.71. The van der Waals surface area contributed by atoms with Crippen molar-refractivity contribution in [2.75, 3.05) is 17.7 Å². The maximum absolute atomic E-state index is 12.4. The Morgan fingerprint density at radius 2 is 1.93 bits per heavy atom. The normalized spacial score (nSPS) is 15.5. The number of ether oxygens (including phenoxy) is 2. The van der Waals surface area contributed by atoms with E-state index in [2.05, 4.69) is 39.8 Å². The molecule has 142 valence electrons. The van der Waals surface area contributed by atoms with Crippen LogP contribution in [0.1, 0.15) is 5.56 Å². The van der Waals surface area contributed by atoms with Gasteiger partial charge in [0.15, 0.2) is 15.8 Å². The van der Waals surface area contributed by atoms with Crippen LogP contribution in [0.3, 0.4) is 0 Å². The van der Waals surface area contributed by atoms with E-state index in [0.717, 1.165) is 15.7 Å². The summed E-state index contributed by atoms with van der Waals surface area (Å²) in [5.74, 6) is 1.68. The molecule has 0 saturated carbocycles. The molecule has 0 spiro atoms. The molecular formula is C20H17N3O3S2. The van der Waals surface area contributed by atoms with Crippen molar-refractivity contribution in [2.45, 2.75) is 10.4 Å². The smallest absolute Gasteiger partial charge is 0.270 e. The molecular weight excluding hydrogens is 394 g/mol. The van der Waals surface area contributed by atoms with Crippen LogP contribution in [0.4, 0.5) is 5.13 Å². The second-order valence-corrected chi connectivity index (χ2v) is 8.10. The molecule has 1 aromatic heterocycles. The number of hydrogen-bond donors (Lipinski definition) is 1. The van der Waals surface area contributed by atoms with Gasteiger partial charge in [-0.25, -0.2) is 0 Å². The predicted molar refractivity (Wildman–Crippen MR) is 111 cm³/mol. The Hall–Kier alpha value is -2.84. The first-order valence-electron chi connectivity index (χ1n) is 8.65. The molecule has 2 heterocycles. The predicted octanol–water partition coefficient (Wildman–Crippen LogP) is 4.12. The lowest BCUT2D eigenvalue weighted by Crippen LogP contribution is -2.40. The third-order valence-electron chi connectivity index (χ3n) is 3.85. The van der Waals surface area contributed by atoms with Gasteiger partial charge in [-0.2, -0.15) is 0 Å². The Bertz CT molecular complexity index is 976. The number of anilines is 1. The highest BCUT2D eigenvalue weighted by Crippen LogP contribution is 2.31. The molecule has 2 aromatic carbocycles. The highest BCUT2D eigenvalue weighted by molar-refractivity contribution is 8.01. The van der Waals surface area contributed by atoms with E-state index in [-0.39, 0.29) is 12.5 Å². The number of benzene rings is 2. The number of para-hydroxylation sites is 2. The van der Waals surface area contributed by atoms with Crippen molar-refractivity contribution >= 4 is 40.2 Å². The maximum Gasteiger partial charge on any atom is 0.270 e. The first-order valence-corrected chi connectivity index (χ1v) is 10.5. The van der Waals surface area contributed by atoms with Gasteiger partial charge in [0, 0.05) is 5.75 Å². The monoisotopic (exact) mass is 411 g/mol. The van der Waals surface area contributed by atoms with Crippen molar-refractivity contribution < 1.29 is 14.3 Å². The highest BCUT2D eigenvalue weighted by atomic mass is 32.2. The summed E-state index contributed by atoms with van der Waals surface area (Å²) in [6.07, 6.45) is 3.42. The number of amides is 1. The zero-order chi connectivity index (χ0) is 19.2. The first-order chi connectivity index (χ1) is 13.8. The van der Waals surface area contributed by atoms with Crippen molar-refractivity contribution in [1.82, 2.24) is 10.2 Å². The summed E-state index contributed by atoms with van der Waals surface area (Å²) in [4.78, 5) is 12.4. The fourth-order valence-corrected chi connectivity index (χ4v) is 4.11. The second-order valence-electron chi connectivity index (χ2n) is 5.85. The average molecular weight is 412 g/mol. The Kier molecular flexibility index (Phi) is 5.89. The van der Waals surface area contributed by atoms with Crippen LogP contribution in [0, 0.1) is 0 Å². The molecule has 1 N–H and O–H groups in total. The number of rotatable bonds is 6. The fourth-order valence-electron chi connectivity index (χ4n) is 2.52. The molecule has 3 aromatic rings. The number of hydrogen-bond acceptors (Lipinski definition) is 7. The molecule has 0 saturated heterocycles. The van der Waals surface area contributed by atoms with Gasteiger partial charge in [0.1, 0.15) is 6.61 Å². The Balaban J connectivity index is 1.28. The van der Waals surface area contributed by atoms with E-state index in [4.69, 9.17) is 9.47 Å². The Morgan fingerprint density at radius 1 is 1.14 bits per heavy atom. The van der Waals surface area contributed by atoms with E-state index >= 15 is 0 Å². The SMILES string of the molecule is O=C(Nc1nnc(SC/C=C/c2ccccc2)s1)[C@H]1COc2ccccc2O1. The molecule has 0 bridgehead atoms. The number of aromatic nitrogens is 2. The zero-order valence-corrected chi connectivity index (χ0v) is 16.4. The van der Waals surface area contributed by atoms with Crippen LogP contribution >= 0.6 is 23.1 Å². The quantitative estimate of drug-likeness (QED) is 0.486. The number of carbonyl (C=O) groups is 1. The average Bonchev–Trinajstić information content (AvgIpc) is 3.19. The minimum atomic E-state index is -0.719. The van der Waals surface area contributed by atoms with Crippen LogP contribution in [-0.2, 0) is 4.79 Å². The lowest BCUT2D eigenvalue weighted by molar-refractivity contribution is -0.125. The number of thioether (sulfide) groups is 1. The summed E-state index contributed by atoms with van der Waals surface area (Å²) in [7, 11) is 0. The zero-order valence-electron chi connectivity index (χ0n) is 14.8. The summed E-state index contributed by atoms with van der Waals surface area (Å²) in [6.45, 7) is 0.160. The van der Waals surface area contributed by atoms with Gasteiger partial charge in [0.05, 0.1) is 0 Å². The van der Waals surface area contributed by atoms with Crippen molar-refractivity contribution in [2.24, 2.45) is 0 Å². The van der Waals surface area contributed by atoms with Crippen molar-refractivity contribution in [1.29, 1.82) is 0 Å². The fraction of sp³-hybridized carbons (Fsp3) is 0.150. The lowest BCUT2D eigenvalue weighted by atomic mass is 10.2. The van der Waals surface area contributed by atoms with Crippen molar-refractivity contribution in [3.05, 3.63) is 66.2 Å². The van der Waals surface area contributed by atoms with Gasteiger partial charge in [-0.05, 0) is 17.7 Å². The van der Waals surface area contributed by atoms with Crippen LogP contribution in [0.2, 0.25) is 0 Å². The molecule has 0 unspecified atom stereocenters. The third-order valence-corrected chi connectivity index (χ3v) is 5.78. The number of fused-ring (bicyclic) bond motifs is 1. The van der Waals surface area contributed by atoms with Gasteiger partial charge in [0.25, 0.3) is 5.91 Å². The Morgan fingerprint density at radius 3 is 2.79 bits per heavy atom. The van der Waals surface area contributed by atoms with E-state index in [1.807, 2.05) is 36.4 Å². The molecule has 4 rings (SSSR count). The lowest BCUT2D eigenvalue weighted by Gasteiger charge is -2.25. The molecule has 28 heavy (non-hydrogen) atoms. The van der Waals surface area contributed by atoms with E-state index in [1.54, 1.807) is 17.8 Å². The van der Waals surface area contributed by atoms with Gasteiger partial charge >= 0.3 is 0 Å². The number of carbonyl (C=O) groups excluding carboxylic acids is 1. The van der Waals surface area contributed by atoms with Crippen LogP contribution in [-0.4, -0.2) is 34.6 Å². The van der Waals surface area contributed by atoms with E-state index < -0.39 is 6.10 Å². The standard InChI is InChI=1S/C20H17N3O3S2/c24-18(17-13-25-15-10-4-5-11-16(15)26-17)21-19-22-23-20(28-19)27-12-6-9-14-7-2-1-3-8-14/h1-11,17H,12-13H2,(H,21,22,24)/b9-6+/t17-/m1/s1. The molecule has 1 atom stereocenters. The highest BCUT2D eigenvalue weighted by Gasteiger charge is 2.28. The van der Waals surface area contributed by atoms with Gasteiger partial charge in [-0.3, -0.25) is 10.1 Å². The number of nitrogens with zero attached hydrogens (tertiary/aromatic N) is 2. The van der Waals surface area contributed by atoms with Gasteiger partial charge in [0.2, 0.25) is 11.2 Å². The molecule has 6 nitrogen and oxygen atoms in total. The summed E-state index contributed by atoms with van der Waals surface area (Å²) in [5, 5.41) is 11.3. The van der Waals surface area contributed by atoms with E-state index in [9.17, 15) is 4.79 Å². The van der Waals surface area contributed by atoms with Crippen LogP contribution in [0.5, 0.6) is 11.5 Å². The van der Waals surface area contributed by atoms with Gasteiger partial charge in [-0.15, -0.1) is 10.2 Å². The molecule has 0 aliphatic carbocycles. The molecule has 0 fully saturated rings. The summed E-state index contributed by atoms with van der Waals surface area (Å²) in [5.41, 5.74) is 1.16. The molecule has 8 heteroatoms. The van der Waals surface area contributed by atoms with Crippen molar-refractivity contribution in [3.63, 3.8) is 0 Å². The molecule has 1 amide bonds. The van der Waals surface area contributed by atoms with E-state index in [0.29, 0.717) is 16.6 Å². The minimum absolute atomic E-state index is 0.160. The van der Waals surface area contributed by atoms with Gasteiger partial charge < -0.3 is 9.47 Å². The van der Waals surface area contributed by atoms with Crippen LogP contribution < -0.4 is 14.8 Å².